The van der Waals surface area contributed by atoms with E-state index >= 15 is 0 Å². The van der Waals surface area contributed by atoms with Crippen LogP contribution in [0.15, 0.2) is 18.2 Å². The third-order valence-electron chi connectivity index (χ3n) is 3.09. The number of nitrogens with zero attached hydrogens (tertiary/aromatic N) is 2. The van der Waals surface area contributed by atoms with Crippen LogP contribution in [-0.4, -0.2) is 35.5 Å². The number of halogens is 2. The highest BCUT2D eigenvalue weighted by atomic mass is 35.5. The fourth-order valence-corrected chi connectivity index (χ4v) is 2.40. The minimum atomic E-state index is -0.368. The molecule has 1 saturated heterocycles. The lowest BCUT2D eigenvalue weighted by molar-refractivity contribution is -0.385. The number of nitro groups is 1. The Morgan fingerprint density at radius 2 is 2.32 bits per heavy atom. The zero-order valence-electron chi connectivity index (χ0n) is 10.6. The maximum absolute atomic E-state index is 11.0. The Balaban J connectivity index is 0.00000180. The summed E-state index contributed by atoms with van der Waals surface area (Å²) < 4.78 is 0. The predicted octanol–water partition coefficient (Wildman–Crippen LogP) is 2.46. The van der Waals surface area contributed by atoms with E-state index in [4.69, 9.17) is 11.6 Å². The molecule has 0 saturated carbocycles. The molecule has 0 spiro atoms. The molecule has 1 fully saturated rings. The molecule has 0 radical (unpaired) electrons. The molecular formula is C12H17Cl2N3O2. The van der Waals surface area contributed by atoms with Gasteiger partial charge in [0.1, 0.15) is 0 Å². The van der Waals surface area contributed by atoms with E-state index in [1.54, 1.807) is 12.1 Å². The third-order valence-corrected chi connectivity index (χ3v) is 3.33. The third kappa shape index (κ3) is 4.31. The molecule has 7 heteroatoms. The molecule has 106 valence electrons. The van der Waals surface area contributed by atoms with E-state index < -0.39 is 0 Å². The van der Waals surface area contributed by atoms with E-state index in [9.17, 15) is 10.1 Å². The van der Waals surface area contributed by atoms with Crippen LogP contribution in [0.4, 0.5) is 5.69 Å². The lowest BCUT2D eigenvalue weighted by Crippen LogP contribution is -2.48. The fourth-order valence-electron chi connectivity index (χ4n) is 2.24. The molecule has 1 aliphatic rings. The summed E-state index contributed by atoms with van der Waals surface area (Å²) in [4.78, 5) is 12.8. The van der Waals surface area contributed by atoms with Gasteiger partial charge in [-0.15, -0.1) is 12.4 Å². The summed E-state index contributed by atoms with van der Waals surface area (Å²) in [7, 11) is 0. The standard InChI is InChI=1S/C12H16ClN3O2.ClH/c1-9-7-15(5-4-14-9)8-10-2-3-11(13)6-12(10)16(17)18;/h2-3,6,9,14H,4-5,7-8H2,1H3;1H. The van der Waals surface area contributed by atoms with Gasteiger partial charge in [0, 0.05) is 48.9 Å². The van der Waals surface area contributed by atoms with Crippen molar-refractivity contribution >= 4 is 29.7 Å². The molecule has 1 unspecified atom stereocenters. The van der Waals surface area contributed by atoms with Gasteiger partial charge in [-0.2, -0.15) is 0 Å². The quantitative estimate of drug-likeness (QED) is 0.688. The van der Waals surface area contributed by atoms with Gasteiger partial charge in [-0.25, -0.2) is 0 Å². The molecule has 2 rings (SSSR count). The van der Waals surface area contributed by atoms with Gasteiger partial charge in [-0.3, -0.25) is 15.0 Å². The van der Waals surface area contributed by atoms with Gasteiger partial charge in [0.05, 0.1) is 4.92 Å². The van der Waals surface area contributed by atoms with E-state index in [2.05, 4.69) is 17.1 Å². The van der Waals surface area contributed by atoms with E-state index in [0.717, 1.165) is 25.2 Å². The number of benzene rings is 1. The highest BCUT2D eigenvalue weighted by molar-refractivity contribution is 6.30. The second-order valence-corrected chi connectivity index (χ2v) is 5.06. The van der Waals surface area contributed by atoms with Crippen LogP contribution < -0.4 is 5.32 Å². The Morgan fingerprint density at radius 3 is 2.95 bits per heavy atom. The summed E-state index contributed by atoms with van der Waals surface area (Å²) in [5, 5.41) is 14.7. The second kappa shape index (κ2) is 7.05. The summed E-state index contributed by atoms with van der Waals surface area (Å²) in [6, 6.07) is 5.29. The van der Waals surface area contributed by atoms with Crippen molar-refractivity contribution in [2.75, 3.05) is 19.6 Å². The van der Waals surface area contributed by atoms with Crippen molar-refractivity contribution in [2.45, 2.75) is 19.5 Å². The fraction of sp³-hybridized carbons (Fsp3) is 0.500. The highest BCUT2D eigenvalue weighted by Gasteiger charge is 2.20. The van der Waals surface area contributed by atoms with Crippen LogP contribution in [0, 0.1) is 10.1 Å². The van der Waals surface area contributed by atoms with Crippen molar-refractivity contribution in [1.29, 1.82) is 0 Å². The zero-order valence-corrected chi connectivity index (χ0v) is 12.2. The summed E-state index contributed by atoms with van der Waals surface area (Å²) in [6.07, 6.45) is 0. The molecule has 1 N–H and O–H groups in total. The first-order valence-corrected chi connectivity index (χ1v) is 6.32. The number of rotatable bonds is 3. The van der Waals surface area contributed by atoms with Gasteiger partial charge in [0.25, 0.3) is 5.69 Å². The number of hydrogen-bond donors (Lipinski definition) is 1. The summed E-state index contributed by atoms with van der Waals surface area (Å²) in [5.41, 5.74) is 0.826. The van der Waals surface area contributed by atoms with Crippen molar-refractivity contribution in [3.05, 3.63) is 38.9 Å². The van der Waals surface area contributed by atoms with Gasteiger partial charge < -0.3 is 5.32 Å². The van der Waals surface area contributed by atoms with Gasteiger partial charge >= 0.3 is 0 Å². The van der Waals surface area contributed by atoms with Crippen LogP contribution in [0.2, 0.25) is 5.02 Å². The normalized spacial score (nSPS) is 19.8. The Labute approximate surface area is 123 Å². The molecular weight excluding hydrogens is 289 g/mol. The maximum atomic E-state index is 11.0. The number of hydrogen-bond acceptors (Lipinski definition) is 4. The van der Waals surface area contributed by atoms with E-state index in [1.807, 2.05) is 0 Å². The first kappa shape index (κ1) is 16.2. The minimum absolute atomic E-state index is 0. The molecule has 19 heavy (non-hydrogen) atoms. The first-order valence-electron chi connectivity index (χ1n) is 5.95. The molecule has 1 aliphatic heterocycles. The monoisotopic (exact) mass is 305 g/mol. The van der Waals surface area contributed by atoms with Crippen molar-refractivity contribution in [3.8, 4) is 0 Å². The molecule has 0 aromatic heterocycles. The molecule has 0 bridgehead atoms. The van der Waals surface area contributed by atoms with Crippen molar-refractivity contribution < 1.29 is 4.92 Å². The molecule has 0 amide bonds. The zero-order chi connectivity index (χ0) is 13.1. The Morgan fingerprint density at radius 1 is 1.58 bits per heavy atom. The topological polar surface area (TPSA) is 58.4 Å². The van der Waals surface area contributed by atoms with Crippen molar-refractivity contribution in [3.63, 3.8) is 0 Å². The average molecular weight is 306 g/mol. The molecule has 1 atom stereocenters. The van der Waals surface area contributed by atoms with E-state index in [-0.39, 0.29) is 23.0 Å². The molecule has 1 aromatic carbocycles. The Kier molecular flexibility index (Phi) is 6.00. The first-order chi connectivity index (χ1) is 8.56. The van der Waals surface area contributed by atoms with Gasteiger partial charge in [-0.05, 0) is 19.1 Å². The lowest BCUT2D eigenvalue weighted by Gasteiger charge is -2.31. The van der Waals surface area contributed by atoms with Crippen molar-refractivity contribution in [1.82, 2.24) is 10.2 Å². The van der Waals surface area contributed by atoms with Crippen molar-refractivity contribution in [2.24, 2.45) is 0 Å². The van der Waals surface area contributed by atoms with Crippen LogP contribution in [0.25, 0.3) is 0 Å². The lowest BCUT2D eigenvalue weighted by atomic mass is 10.1. The van der Waals surface area contributed by atoms with Crippen LogP contribution in [0.1, 0.15) is 12.5 Å². The number of nitro benzene ring substituents is 1. The molecule has 5 nitrogen and oxygen atoms in total. The number of nitrogens with one attached hydrogen (secondary N) is 1. The smallest absolute Gasteiger partial charge is 0.275 e. The van der Waals surface area contributed by atoms with Crippen LogP contribution >= 0.6 is 24.0 Å². The Hall–Kier alpha value is -0.880. The summed E-state index contributed by atoms with van der Waals surface area (Å²) in [5.74, 6) is 0. The molecule has 1 heterocycles. The average Bonchev–Trinajstić information content (AvgIpc) is 2.31. The summed E-state index contributed by atoms with van der Waals surface area (Å²) >= 11 is 5.80. The van der Waals surface area contributed by atoms with Crippen LogP contribution in [0.5, 0.6) is 0 Å². The minimum Gasteiger partial charge on any atom is -0.312 e. The maximum Gasteiger partial charge on any atom is 0.275 e. The van der Waals surface area contributed by atoms with Crippen LogP contribution in [0.3, 0.4) is 0 Å². The summed E-state index contributed by atoms with van der Waals surface area (Å²) in [6.45, 7) is 5.44. The van der Waals surface area contributed by atoms with Gasteiger partial charge in [0.15, 0.2) is 0 Å². The second-order valence-electron chi connectivity index (χ2n) is 4.62. The van der Waals surface area contributed by atoms with Crippen LogP contribution in [-0.2, 0) is 6.54 Å². The van der Waals surface area contributed by atoms with E-state index in [0.29, 0.717) is 17.6 Å². The molecule has 1 aromatic rings. The largest absolute Gasteiger partial charge is 0.312 e. The highest BCUT2D eigenvalue weighted by Crippen LogP contribution is 2.24. The van der Waals surface area contributed by atoms with Gasteiger partial charge in [-0.1, -0.05) is 11.6 Å². The van der Waals surface area contributed by atoms with E-state index in [1.165, 1.54) is 6.07 Å². The van der Waals surface area contributed by atoms with Gasteiger partial charge in [0.2, 0.25) is 0 Å². The number of piperazine rings is 1. The SMILES string of the molecule is CC1CN(Cc2ccc(Cl)cc2[N+](=O)[O-])CCN1.Cl. The Bertz CT molecular complexity index is 457. The predicted molar refractivity (Wildman–Crippen MR) is 78.1 cm³/mol. The molecule has 0 aliphatic carbocycles.